The zero-order valence-electron chi connectivity index (χ0n) is 20.2. The normalized spacial score (nSPS) is 14.4. The van der Waals surface area contributed by atoms with E-state index in [0.29, 0.717) is 31.6 Å². The summed E-state index contributed by atoms with van der Waals surface area (Å²) in [7, 11) is 0. The third kappa shape index (κ3) is 12.9. The van der Waals surface area contributed by atoms with Gasteiger partial charge in [0.1, 0.15) is 11.6 Å². The Morgan fingerprint density at radius 2 is 1.66 bits per heavy atom. The zero-order chi connectivity index (χ0) is 24.9. The van der Waals surface area contributed by atoms with Crippen molar-refractivity contribution in [2.75, 3.05) is 18.6 Å². The van der Waals surface area contributed by atoms with E-state index in [0.717, 1.165) is 0 Å². The van der Waals surface area contributed by atoms with Crippen molar-refractivity contribution in [3.63, 3.8) is 0 Å². The van der Waals surface area contributed by atoms with Gasteiger partial charge in [0, 0.05) is 12.3 Å². The van der Waals surface area contributed by atoms with Crippen LogP contribution in [0.1, 0.15) is 66.7 Å². The molecule has 0 aliphatic carbocycles. The smallest absolute Gasteiger partial charge is 0.408 e. The van der Waals surface area contributed by atoms with Crippen LogP contribution in [0.5, 0.6) is 0 Å². The van der Waals surface area contributed by atoms with Gasteiger partial charge in [0.05, 0.1) is 6.04 Å². The lowest BCUT2D eigenvalue weighted by Gasteiger charge is -2.26. The summed E-state index contributed by atoms with van der Waals surface area (Å²) in [5, 5.41) is 14.6. The van der Waals surface area contributed by atoms with Crippen molar-refractivity contribution >= 4 is 35.5 Å². The molecule has 0 rings (SSSR count). The molecule has 10 heteroatoms. The summed E-state index contributed by atoms with van der Waals surface area (Å²) >= 11 is 1.54. The molecule has 0 saturated carbocycles. The molecule has 32 heavy (non-hydrogen) atoms. The Morgan fingerprint density at radius 3 is 2.12 bits per heavy atom. The van der Waals surface area contributed by atoms with E-state index in [2.05, 4.69) is 10.6 Å². The van der Waals surface area contributed by atoms with Gasteiger partial charge in [0.2, 0.25) is 5.91 Å². The molecule has 0 bridgehead atoms. The second-order valence-corrected chi connectivity index (χ2v) is 10.2. The maximum absolute atomic E-state index is 13.0. The molecule has 0 aromatic heterocycles. The summed E-state index contributed by atoms with van der Waals surface area (Å²) in [6.45, 7) is 9.26. The second-order valence-electron chi connectivity index (χ2n) is 9.19. The van der Waals surface area contributed by atoms with Crippen molar-refractivity contribution in [1.29, 1.82) is 0 Å². The molecule has 0 saturated heterocycles. The first-order chi connectivity index (χ1) is 14.8. The Morgan fingerprint density at radius 1 is 1.03 bits per heavy atom. The number of ether oxygens (including phenoxy) is 1. The van der Waals surface area contributed by atoms with Crippen molar-refractivity contribution in [1.82, 2.24) is 10.6 Å². The number of alkyl carbamates (subject to hydrolysis) is 1. The maximum Gasteiger partial charge on any atom is 0.408 e. The third-order valence-corrected chi connectivity index (χ3v) is 5.46. The van der Waals surface area contributed by atoms with Crippen LogP contribution in [-0.4, -0.2) is 65.1 Å². The number of nitrogens with two attached hydrogens (primary N) is 1. The Kier molecular flexibility index (Phi) is 14.2. The number of carboxylic acid groups (broad SMARTS) is 1. The van der Waals surface area contributed by atoms with Gasteiger partial charge in [-0.25, -0.2) is 9.59 Å². The highest BCUT2D eigenvalue weighted by Gasteiger charge is 2.32. The molecule has 9 nitrogen and oxygen atoms in total. The molecular formula is C22H41N3O6S. The number of hydrogen-bond donors (Lipinski definition) is 4. The molecule has 0 aliphatic heterocycles. The highest BCUT2D eigenvalue weighted by Crippen LogP contribution is 2.19. The van der Waals surface area contributed by atoms with Crippen LogP contribution >= 0.6 is 11.8 Å². The van der Waals surface area contributed by atoms with E-state index >= 15 is 0 Å². The van der Waals surface area contributed by atoms with Gasteiger partial charge in [-0.05, 0) is 70.9 Å². The predicted molar refractivity (Wildman–Crippen MR) is 127 cm³/mol. The monoisotopic (exact) mass is 475 g/mol. The minimum atomic E-state index is -1.12. The van der Waals surface area contributed by atoms with Gasteiger partial charge in [-0.1, -0.05) is 13.8 Å². The average molecular weight is 476 g/mol. The third-order valence-electron chi connectivity index (χ3n) is 4.81. The van der Waals surface area contributed by atoms with Crippen LogP contribution < -0.4 is 16.4 Å². The number of carbonyl (C=O) groups excluding carboxylic acids is 3. The Hall–Kier alpha value is -1.81. The largest absolute Gasteiger partial charge is 0.480 e. The topological polar surface area (TPSA) is 148 Å². The minimum absolute atomic E-state index is 0.104. The number of rotatable bonds is 15. The molecule has 3 atom stereocenters. The van der Waals surface area contributed by atoms with Crippen LogP contribution in [0, 0.1) is 11.8 Å². The zero-order valence-corrected chi connectivity index (χ0v) is 21.0. The van der Waals surface area contributed by atoms with Gasteiger partial charge in [-0.3, -0.25) is 9.59 Å². The summed E-state index contributed by atoms with van der Waals surface area (Å²) in [4.78, 5) is 49.6. The van der Waals surface area contributed by atoms with Crippen molar-refractivity contribution < 1.29 is 29.0 Å². The van der Waals surface area contributed by atoms with E-state index in [4.69, 9.17) is 10.5 Å². The minimum Gasteiger partial charge on any atom is -0.480 e. The number of hydrogen-bond acceptors (Lipinski definition) is 7. The second kappa shape index (κ2) is 15.1. The molecule has 0 heterocycles. The van der Waals surface area contributed by atoms with E-state index in [1.165, 1.54) is 0 Å². The van der Waals surface area contributed by atoms with Gasteiger partial charge in [0.25, 0.3) is 0 Å². The van der Waals surface area contributed by atoms with Crippen LogP contribution in [-0.2, 0) is 19.1 Å². The van der Waals surface area contributed by atoms with Crippen molar-refractivity contribution in [3.05, 3.63) is 0 Å². The number of unbranched alkanes of at least 4 members (excludes halogenated alkanes) is 1. The molecule has 0 aromatic carbocycles. The molecular weight excluding hydrogens is 434 g/mol. The van der Waals surface area contributed by atoms with Gasteiger partial charge in [-0.2, -0.15) is 11.8 Å². The first kappa shape index (κ1) is 30.2. The molecule has 0 aliphatic rings. The summed E-state index contributed by atoms with van der Waals surface area (Å²) in [6, 6.07) is -1.82. The number of ketones is 1. The molecule has 0 spiro atoms. The number of carboxylic acids is 1. The lowest BCUT2D eigenvalue weighted by molar-refractivity contribution is -0.143. The summed E-state index contributed by atoms with van der Waals surface area (Å²) < 4.78 is 5.26. The summed E-state index contributed by atoms with van der Waals surface area (Å²) in [6.07, 6.45) is 3.03. The van der Waals surface area contributed by atoms with Crippen molar-refractivity contribution in [2.45, 2.75) is 84.4 Å². The van der Waals surface area contributed by atoms with Crippen molar-refractivity contribution in [3.8, 4) is 0 Å². The molecule has 3 unspecified atom stereocenters. The van der Waals surface area contributed by atoms with Crippen LogP contribution in [0.3, 0.4) is 0 Å². The van der Waals surface area contributed by atoms with Crippen LogP contribution in [0.2, 0.25) is 0 Å². The maximum atomic E-state index is 13.0. The van der Waals surface area contributed by atoms with Gasteiger partial charge < -0.3 is 26.2 Å². The van der Waals surface area contributed by atoms with Gasteiger partial charge in [0.15, 0.2) is 5.78 Å². The molecule has 0 aromatic rings. The highest BCUT2D eigenvalue weighted by molar-refractivity contribution is 7.98. The van der Waals surface area contributed by atoms with Crippen LogP contribution in [0.4, 0.5) is 4.79 Å². The van der Waals surface area contributed by atoms with E-state index in [1.54, 1.807) is 46.4 Å². The number of carbonyl (C=O) groups is 4. The van der Waals surface area contributed by atoms with E-state index in [-0.39, 0.29) is 24.5 Å². The average Bonchev–Trinajstić information content (AvgIpc) is 2.66. The van der Waals surface area contributed by atoms with Crippen LogP contribution in [0.25, 0.3) is 0 Å². The van der Waals surface area contributed by atoms with Crippen molar-refractivity contribution in [2.24, 2.45) is 17.6 Å². The summed E-state index contributed by atoms with van der Waals surface area (Å²) in [5.41, 5.74) is 4.75. The number of amides is 2. The quantitative estimate of drug-likeness (QED) is 0.264. The SMILES string of the molecule is CSCCC(NC(=O)OC(C)(C)C)C(=O)CC(C(=O)NC(CCCCN)C(=O)O)C(C)C. The number of aliphatic carboxylic acids is 1. The van der Waals surface area contributed by atoms with E-state index < -0.39 is 41.6 Å². The van der Waals surface area contributed by atoms with Gasteiger partial charge >= 0.3 is 12.1 Å². The molecule has 0 radical (unpaired) electrons. The fourth-order valence-electron chi connectivity index (χ4n) is 3.02. The molecule has 2 amide bonds. The van der Waals surface area contributed by atoms with Crippen LogP contribution in [0.15, 0.2) is 0 Å². The Balaban J connectivity index is 5.28. The van der Waals surface area contributed by atoms with Gasteiger partial charge in [-0.15, -0.1) is 0 Å². The fraction of sp³-hybridized carbons (Fsp3) is 0.818. The highest BCUT2D eigenvalue weighted by atomic mass is 32.2. The number of nitrogens with one attached hydrogen (secondary N) is 2. The van der Waals surface area contributed by atoms with E-state index in [1.807, 2.05) is 6.26 Å². The predicted octanol–water partition coefficient (Wildman–Crippen LogP) is 2.56. The summed E-state index contributed by atoms with van der Waals surface area (Å²) in [5.74, 6) is -2.14. The molecule has 0 fully saturated rings. The standard InChI is InChI=1S/C22H41N3O6S/c1-14(2)15(19(27)24-17(20(28)29)9-7-8-11-23)13-18(26)16(10-12-32-6)25-21(30)31-22(3,4)5/h14-17H,7-13,23H2,1-6H3,(H,24,27)(H,25,30)(H,28,29). The fourth-order valence-corrected chi connectivity index (χ4v) is 3.49. The molecule has 5 N–H and O–H groups in total. The lowest BCUT2D eigenvalue weighted by Crippen LogP contribution is -2.48. The Bertz CT molecular complexity index is 621. The Labute approximate surface area is 196 Å². The van der Waals surface area contributed by atoms with E-state index in [9.17, 15) is 24.3 Å². The molecule has 186 valence electrons. The first-order valence-electron chi connectivity index (χ1n) is 11.1. The lowest BCUT2D eigenvalue weighted by atomic mass is 9.87. The first-order valence-corrected chi connectivity index (χ1v) is 12.5. The number of Topliss-reactive ketones (excluding diaryl/α,β-unsaturated/α-hetero) is 1. The number of thioether (sulfide) groups is 1.